The third-order valence-corrected chi connectivity index (χ3v) is 4.15. The number of benzene rings is 2. The molecule has 3 aromatic rings. The van der Waals surface area contributed by atoms with Crippen LogP contribution in [-0.4, -0.2) is 15.9 Å². The number of anilines is 3. The minimum Gasteiger partial charge on any atom is -0.382 e. The second-order valence-corrected chi connectivity index (χ2v) is 6.12. The van der Waals surface area contributed by atoms with Crippen LogP contribution in [0.15, 0.2) is 60.9 Å². The number of rotatable bonds is 5. The lowest BCUT2D eigenvalue weighted by Crippen LogP contribution is -2.16. The van der Waals surface area contributed by atoms with Crippen molar-refractivity contribution in [2.24, 2.45) is 0 Å². The highest BCUT2D eigenvalue weighted by molar-refractivity contribution is 6.33. The van der Waals surface area contributed by atoms with Crippen LogP contribution in [0.5, 0.6) is 0 Å². The van der Waals surface area contributed by atoms with E-state index in [1.54, 1.807) is 12.1 Å². The highest BCUT2D eigenvalue weighted by Gasteiger charge is 2.13. The molecule has 1 aromatic heterocycles. The molecule has 0 saturated carbocycles. The van der Waals surface area contributed by atoms with Gasteiger partial charge < -0.3 is 16.4 Å². The Kier molecular flexibility index (Phi) is 5.34. The molecule has 1 atom stereocenters. The number of nitrogens with two attached hydrogens (primary N) is 1. The molecule has 0 fully saturated rings. The van der Waals surface area contributed by atoms with E-state index in [-0.39, 0.29) is 17.6 Å². The number of nitrogens with one attached hydrogen (secondary N) is 2. The van der Waals surface area contributed by atoms with Gasteiger partial charge in [0.1, 0.15) is 0 Å². The molecule has 4 N–H and O–H groups in total. The van der Waals surface area contributed by atoms with Crippen LogP contribution in [0.1, 0.15) is 29.0 Å². The van der Waals surface area contributed by atoms with Gasteiger partial charge in [0.15, 0.2) is 11.5 Å². The normalized spacial score (nSPS) is 11.6. The first-order valence-electron chi connectivity index (χ1n) is 8.03. The molecular formula is C19H18ClN5O. The van der Waals surface area contributed by atoms with Crippen molar-refractivity contribution in [1.82, 2.24) is 9.97 Å². The minimum absolute atomic E-state index is 0.0727. The summed E-state index contributed by atoms with van der Waals surface area (Å²) >= 11 is 6.36. The predicted molar refractivity (Wildman–Crippen MR) is 104 cm³/mol. The molecule has 0 aliphatic carbocycles. The van der Waals surface area contributed by atoms with Gasteiger partial charge in [-0.1, -0.05) is 41.9 Å². The summed E-state index contributed by atoms with van der Waals surface area (Å²) in [6.07, 6.45) is 2.84. The second-order valence-electron chi connectivity index (χ2n) is 5.72. The van der Waals surface area contributed by atoms with E-state index in [1.165, 1.54) is 12.4 Å². The van der Waals surface area contributed by atoms with E-state index < -0.39 is 5.91 Å². The number of hydrogen-bond acceptors (Lipinski definition) is 5. The van der Waals surface area contributed by atoms with E-state index >= 15 is 0 Å². The van der Waals surface area contributed by atoms with Crippen molar-refractivity contribution >= 4 is 34.7 Å². The molecule has 0 aliphatic heterocycles. The third kappa shape index (κ3) is 4.10. The first-order valence-corrected chi connectivity index (χ1v) is 8.41. The van der Waals surface area contributed by atoms with Gasteiger partial charge in [-0.3, -0.25) is 4.79 Å². The van der Waals surface area contributed by atoms with Crippen molar-refractivity contribution < 1.29 is 4.79 Å². The van der Waals surface area contributed by atoms with E-state index in [4.69, 9.17) is 17.3 Å². The van der Waals surface area contributed by atoms with E-state index in [0.717, 1.165) is 11.3 Å². The summed E-state index contributed by atoms with van der Waals surface area (Å²) in [5, 5.41) is 6.58. The molecule has 0 aliphatic rings. The summed E-state index contributed by atoms with van der Waals surface area (Å²) in [5.41, 5.74) is 8.22. The Labute approximate surface area is 156 Å². The molecule has 3 rings (SSSR count). The average Bonchev–Trinajstić information content (AvgIpc) is 2.65. The monoisotopic (exact) mass is 367 g/mol. The van der Waals surface area contributed by atoms with Gasteiger partial charge in [-0.25, -0.2) is 9.97 Å². The molecule has 0 unspecified atom stereocenters. The Morgan fingerprint density at radius 2 is 1.85 bits per heavy atom. The Bertz CT molecular complexity index is 917. The zero-order valence-corrected chi connectivity index (χ0v) is 14.9. The SMILES string of the molecule is C[C@@H](Nc1ccc(NC(=O)c2nccnc2N)cc1Cl)c1ccccc1. The molecule has 1 amide bonds. The van der Waals surface area contributed by atoms with Crippen LogP contribution < -0.4 is 16.4 Å². The maximum atomic E-state index is 12.2. The lowest BCUT2D eigenvalue weighted by Gasteiger charge is -2.17. The van der Waals surface area contributed by atoms with Gasteiger partial charge in [0.05, 0.1) is 10.7 Å². The zero-order chi connectivity index (χ0) is 18.5. The number of carbonyl (C=O) groups excluding carboxylic acids is 1. The predicted octanol–water partition coefficient (Wildman–Crippen LogP) is 4.14. The number of aromatic nitrogens is 2. The van der Waals surface area contributed by atoms with Crippen LogP contribution in [0.4, 0.5) is 17.2 Å². The molecular weight excluding hydrogens is 350 g/mol. The van der Waals surface area contributed by atoms with Crippen molar-refractivity contribution in [3.8, 4) is 0 Å². The number of nitrogens with zero attached hydrogens (tertiary/aromatic N) is 2. The molecule has 132 valence electrons. The van der Waals surface area contributed by atoms with E-state index in [1.807, 2.05) is 36.4 Å². The summed E-state index contributed by atoms with van der Waals surface area (Å²) in [7, 11) is 0. The minimum atomic E-state index is -0.440. The fourth-order valence-electron chi connectivity index (χ4n) is 2.48. The van der Waals surface area contributed by atoms with E-state index in [9.17, 15) is 4.79 Å². The molecule has 0 saturated heterocycles. The second kappa shape index (κ2) is 7.84. The number of hydrogen-bond donors (Lipinski definition) is 3. The smallest absolute Gasteiger partial charge is 0.278 e. The van der Waals surface area contributed by atoms with E-state index in [0.29, 0.717) is 10.7 Å². The Balaban J connectivity index is 1.71. The van der Waals surface area contributed by atoms with Crippen LogP contribution in [0.3, 0.4) is 0 Å². The Morgan fingerprint density at radius 3 is 2.54 bits per heavy atom. The molecule has 2 aromatic carbocycles. The largest absolute Gasteiger partial charge is 0.382 e. The first kappa shape index (κ1) is 17.7. The van der Waals surface area contributed by atoms with Crippen molar-refractivity contribution in [3.63, 3.8) is 0 Å². The highest BCUT2D eigenvalue weighted by Crippen LogP contribution is 2.29. The fourth-order valence-corrected chi connectivity index (χ4v) is 2.72. The standard InChI is InChI=1S/C19H18ClN5O/c1-12(13-5-3-2-4-6-13)24-16-8-7-14(11-15(16)20)25-19(26)17-18(21)23-10-9-22-17/h2-12,24H,1H3,(H2,21,23)(H,25,26)/t12-/m1/s1. The molecule has 0 spiro atoms. The zero-order valence-electron chi connectivity index (χ0n) is 14.1. The lowest BCUT2D eigenvalue weighted by atomic mass is 10.1. The van der Waals surface area contributed by atoms with Gasteiger partial charge in [-0.05, 0) is 30.7 Å². The molecule has 6 nitrogen and oxygen atoms in total. The lowest BCUT2D eigenvalue weighted by molar-refractivity contribution is 0.102. The maximum Gasteiger partial charge on any atom is 0.278 e. The number of nitrogen functional groups attached to an aromatic ring is 1. The summed E-state index contributed by atoms with van der Waals surface area (Å²) in [6, 6.07) is 15.4. The van der Waals surface area contributed by atoms with Gasteiger partial charge in [0.25, 0.3) is 5.91 Å². The van der Waals surface area contributed by atoms with Crippen LogP contribution in [-0.2, 0) is 0 Å². The number of amides is 1. The number of halogens is 1. The fraction of sp³-hybridized carbons (Fsp3) is 0.105. The van der Waals surface area contributed by atoms with Gasteiger partial charge in [0, 0.05) is 24.1 Å². The quantitative estimate of drug-likeness (QED) is 0.630. The van der Waals surface area contributed by atoms with Crippen molar-refractivity contribution in [2.45, 2.75) is 13.0 Å². The molecule has 0 bridgehead atoms. The topological polar surface area (TPSA) is 92.9 Å². The average molecular weight is 368 g/mol. The summed E-state index contributed by atoms with van der Waals surface area (Å²) in [5.74, 6) is -0.365. The molecule has 0 radical (unpaired) electrons. The number of carbonyl (C=O) groups is 1. The Hall–Kier alpha value is -3.12. The van der Waals surface area contributed by atoms with Crippen molar-refractivity contribution in [2.75, 3.05) is 16.4 Å². The van der Waals surface area contributed by atoms with E-state index in [2.05, 4.69) is 27.5 Å². The van der Waals surface area contributed by atoms with Gasteiger partial charge >= 0.3 is 0 Å². The van der Waals surface area contributed by atoms with Crippen LogP contribution >= 0.6 is 11.6 Å². The van der Waals surface area contributed by atoms with Crippen LogP contribution in [0.25, 0.3) is 0 Å². The van der Waals surface area contributed by atoms with Gasteiger partial charge in [0.2, 0.25) is 0 Å². The van der Waals surface area contributed by atoms with Crippen molar-refractivity contribution in [3.05, 3.63) is 77.2 Å². The van der Waals surface area contributed by atoms with Crippen LogP contribution in [0.2, 0.25) is 5.02 Å². The molecule has 7 heteroatoms. The molecule has 26 heavy (non-hydrogen) atoms. The van der Waals surface area contributed by atoms with Crippen molar-refractivity contribution in [1.29, 1.82) is 0 Å². The maximum absolute atomic E-state index is 12.2. The summed E-state index contributed by atoms with van der Waals surface area (Å²) < 4.78 is 0. The van der Waals surface area contributed by atoms with Gasteiger partial charge in [-0.2, -0.15) is 0 Å². The third-order valence-electron chi connectivity index (χ3n) is 3.84. The summed E-state index contributed by atoms with van der Waals surface area (Å²) in [4.78, 5) is 20.0. The van der Waals surface area contributed by atoms with Crippen LogP contribution in [0, 0.1) is 0 Å². The van der Waals surface area contributed by atoms with Gasteiger partial charge in [-0.15, -0.1) is 0 Å². The highest BCUT2D eigenvalue weighted by atomic mass is 35.5. The first-order chi connectivity index (χ1) is 12.5. The summed E-state index contributed by atoms with van der Waals surface area (Å²) in [6.45, 7) is 2.05. The Morgan fingerprint density at radius 1 is 1.12 bits per heavy atom. The molecule has 1 heterocycles.